The SMILES string of the molecule is CC/C=C\C/C=C\C/C=C\C/C=C\CCC(=O)OC(COCCCCCCCCCCCCCCCCCCCCCC)COC(=O)CCCCCCCCCCC/C=C\C/C=C\CCCCC. The summed E-state index contributed by atoms with van der Waals surface area (Å²) in [5.41, 5.74) is 0. The Balaban J connectivity index is 4.26. The van der Waals surface area contributed by atoms with E-state index in [1.165, 1.54) is 186 Å². The Labute approximate surface area is 423 Å². The normalized spacial score (nSPS) is 12.7. The Bertz CT molecular complexity index is 1210. The fraction of sp³-hybridized carbons (Fsp3) is 0.778. The lowest BCUT2D eigenvalue weighted by Gasteiger charge is -2.18. The maximum absolute atomic E-state index is 12.8. The molecular weight excluding hydrogens is 837 g/mol. The number of hydrogen-bond donors (Lipinski definition) is 0. The van der Waals surface area contributed by atoms with Gasteiger partial charge in [-0.15, -0.1) is 0 Å². The molecule has 0 aliphatic rings. The summed E-state index contributed by atoms with van der Waals surface area (Å²) in [6, 6.07) is 0. The number of ether oxygens (including phenoxy) is 3. The van der Waals surface area contributed by atoms with Crippen LogP contribution in [0.2, 0.25) is 0 Å². The number of carbonyl (C=O) groups excluding carboxylic acids is 2. The third kappa shape index (κ3) is 55.9. The molecular formula is C63H112O5. The fourth-order valence-electron chi connectivity index (χ4n) is 8.38. The highest BCUT2D eigenvalue weighted by molar-refractivity contribution is 5.70. The Morgan fingerprint density at radius 3 is 1.15 bits per heavy atom. The van der Waals surface area contributed by atoms with Crippen LogP contribution in [0.1, 0.15) is 290 Å². The molecule has 0 N–H and O–H groups in total. The van der Waals surface area contributed by atoms with Crippen LogP contribution >= 0.6 is 0 Å². The molecule has 0 aromatic carbocycles. The van der Waals surface area contributed by atoms with E-state index in [1.54, 1.807) is 0 Å². The average Bonchev–Trinajstić information content (AvgIpc) is 3.34. The molecule has 1 atom stereocenters. The topological polar surface area (TPSA) is 61.8 Å². The molecule has 0 aromatic heterocycles. The number of rotatable bonds is 54. The van der Waals surface area contributed by atoms with E-state index < -0.39 is 6.10 Å². The van der Waals surface area contributed by atoms with Gasteiger partial charge in [-0.05, 0) is 77.0 Å². The lowest BCUT2D eigenvalue weighted by molar-refractivity contribution is -0.162. The van der Waals surface area contributed by atoms with Crippen LogP contribution in [0, 0.1) is 0 Å². The molecule has 0 amide bonds. The highest BCUT2D eigenvalue weighted by Gasteiger charge is 2.17. The number of unbranched alkanes of at least 4 members (excludes halogenated alkanes) is 31. The second-order valence-corrected chi connectivity index (χ2v) is 19.5. The minimum Gasteiger partial charge on any atom is -0.462 e. The van der Waals surface area contributed by atoms with Crippen LogP contribution in [0.4, 0.5) is 0 Å². The van der Waals surface area contributed by atoms with Gasteiger partial charge in [0.15, 0.2) is 6.10 Å². The van der Waals surface area contributed by atoms with E-state index in [0.29, 0.717) is 25.9 Å². The van der Waals surface area contributed by atoms with Crippen LogP contribution in [0.25, 0.3) is 0 Å². The lowest BCUT2D eigenvalue weighted by Crippen LogP contribution is -2.30. The summed E-state index contributed by atoms with van der Waals surface area (Å²) < 4.78 is 17.4. The Kier molecular flexibility index (Phi) is 56.4. The van der Waals surface area contributed by atoms with Crippen molar-refractivity contribution in [3.63, 3.8) is 0 Å². The molecule has 5 heteroatoms. The van der Waals surface area contributed by atoms with Crippen LogP contribution in [-0.4, -0.2) is 37.9 Å². The second-order valence-electron chi connectivity index (χ2n) is 19.5. The van der Waals surface area contributed by atoms with Gasteiger partial charge in [0.25, 0.3) is 0 Å². The van der Waals surface area contributed by atoms with Gasteiger partial charge >= 0.3 is 11.9 Å². The zero-order chi connectivity index (χ0) is 49.2. The van der Waals surface area contributed by atoms with Crippen molar-refractivity contribution in [2.24, 2.45) is 0 Å². The quantitative estimate of drug-likeness (QED) is 0.0345. The standard InChI is InChI=1S/C63H112O5/c1-4-7-10-13-16-19-22-25-27-29-31-33-35-37-40-43-46-49-52-55-58-66-59-61(68-63(65)57-54-51-48-45-42-38-24-21-18-15-12-9-6-3)60-67-62(64)56-53-50-47-44-41-39-36-34-32-30-28-26-23-20-17-14-11-8-5-2/h9,12,17-18,20-21,26,28,38,42,48,51,61H,4-8,10-11,13-16,19,22-25,27,29-37,39-41,43-47,49-50,52-60H2,1-3H3/b12-9-,20-17-,21-18-,28-26-,42-38-,51-48-. The highest BCUT2D eigenvalue weighted by atomic mass is 16.6. The predicted molar refractivity (Wildman–Crippen MR) is 297 cm³/mol. The predicted octanol–water partition coefficient (Wildman–Crippen LogP) is 20.2. The first-order valence-electron chi connectivity index (χ1n) is 29.5. The van der Waals surface area contributed by atoms with Gasteiger partial charge in [-0.25, -0.2) is 0 Å². The largest absolute Gasteiger partial charge is 0.462 e. The molecule has 0 fully saturated rings. The van der Waals surface area contributed by atoms with Gasteiger partial charge in [-0.2, -0.15) is 0 Å². The molecule has 0 radical (unpaired) electrons. The van der Waals surface area contributed by atoms with E-state index in [0.717, 1.165) is 64.2 Å². The molecule has 0 rings (SSSR count). The number of carbonyl (C=O) groups is 2. The van der Waals surface area contributed by atoms with Crippen molar-refractivity contribution < 1.29 is 23.8 Å². The number of allylic oxidation sites excluding steroid dienone is 12. The van der Waals surface area contributed by atoms with Crippen LogP contribution in [0.15, 0.2) is 72.9 Å². The Morgan fingerprint density at radius 2 is 0.691 bits per heavy atom. The average molecular weight is 950 g/mol. The first kappa shape index (κ1) is 65.3. The molecule has 0 bridgehead atoms. The van der Waals surface area contributed by atoms with Gasteiger partial charge < -0.3 is 14.2 Å². The van der Waals surface area contributed by atoms with E-state index in [1.807, 2.05) is 6.08 Å². The lowest BCUT2D eigenvalue weighted by atomic mass is 10.0. The van der Waals surface area contributed by atoms with Crippen molar-refractivity contribution in [2.45, 2.75) is 297 Å². The molecule has 0 saturated heterocycles. The minimum atomic E-state index is -0.577. The maximum atomic E-state index is 12.8. The summed E-state index contributed by atoms with van der Waals surface area (Å²) in [6.07, 6.45) is 76.6. The summed E-state index contributed by atoms with van der Waals surface area (Å²) >= 11 is 0. The summed E-state index contributed by atoms with van der Waals surface area (Å²) in [5.74, 6) is -0.485. The van der Waals surface area contributed by atoms with E-state index >= 15 is 0 Å². The molecule has 0 aromatic rings. The summed E-state index contributed by atoms with van der Waals surface area (Å²) in [5, 5.41) is 0. The van der Waals surface area contributed by atoms with Gasteiger partial charge in [0.1, 0.15) is 6.61 Å². The molecule has 0 aliphatic heterocycles. The van der Waals surface area contributed by atoms with Gasteiger partial charge in [0.2, 0.25) is 0 Å². The number of esters is 2. The van der Waals surface area contributed by atoms with Crippen LogP contribution in [0.5, 0.6) is 0 Å². The van der Waals surface area contributed by atoms with Gasteiger partial charge in [-0.1, -0.05) is 273 Å². The van der Waals surface area contributed by atoms with Crippen LogP contribution in [-0.2, 0) is 23.8 Å². The van der Waals surface area contributed by atoms with Crippen LogP contribution < -0.4 is 0 Å². The molecule has 0 aliphatic carbocycles. The van der Waals surface area contributed by atoms with Crippen LogP contribution in [0.3, 0.4) is 0 Å². The first-order chi connectivity index (χ1) is 33.6. The Hall–Kier alpha value is -2.66. The third-order valence-electron chi connectivity index (χ3n) is 12.7. The first-order valence-corrected chi connectivity index (χ1v) is 29.5. The maximum Gasteiger partial charge on any atom is 0.306 e. The van der Waals surface area contributed by atoms with Gasteiger partial charge in [-0.3, -0.25) is 9.59 Å². The third-order valence-corrected chi connectivity index (χ3v) is 12.7. The van der Waals surface area contributed by atoms with Crippen molar-refractivity contribution in [2.75, 3.05) is 19.8 Å². The molecule has 5 nitrogen and oxygen atoms in total. The fourth-order valence-corrected chi connectivity index (χ4v) is 8.38. The molecule has 0 spiro atoms. The summed E-state index contributed by atoms with van der Waals surface area (Å²) in [6.45, 7) is 7.65. The second kappa shape index (κ2) is 58.7. The monoisotopic (exact) mass is 949 g/mol. The molecule has 394 valence electrons. The van der Waals surface area contributed by atoms with E-state index in [2.05, 4.69) is 87.6 Å². The van der Waals surface area contributed by atoms with E-state index in [4.69, 9.17) is 14.2 Å². The Morgan fingerprint density at radius 1 is 0.338 bits per heavy atom. The van der Waals surface area contributed by atoms with Gasteiger partial charge in [0, 0.05) is 19.4 Å². The van der Waals surface area contributed by atoms with Gasteiger partial charge in [0.05, 0.1) is 6.61 Å². The number of hydrogen-bond acceptors (Lipinski definition) is 5. The van der Waals surface area contributed by atoms with E-state index in [-0.39, 0.29) is 25.2 Å². The zero-order valence-electron chi connectivity index (χ0n) is 45.4. The van der Waals surface area contributed by atoms with Crippen molar-refractivity contribution in [1.82, 2.24) is 0 Å². The van der Waals surface area contributed by atoms with Crippen molar-refractivity contribution in [1.29, 1.82) is 0 Å². The summed E-state index contributed by atoms with van der Waals surface area (Å²) in [7, 11) is 0. The molecule has 0 saturated carbocycles. The van der Waals surface area contributed by atoms with Crippen molar-refractivity contribution in [3.05, 3.63) is 72.9 Å². The molecule has 0 heterocycles. The smallest absolute Gasteiger partial charge is 0.306 e. The molecule has 68 heavy (non-hydrogen) atoms. The highest BCUT2D eigenvalue weighted by Crippen LogP contribution is 2.16. The summed E-state index contributed by atoms with van der Waals surface area (Å²) in [4.78, 5) is 25.5. The zero-order valence-corrected chi connectivity index (χ0v) is 45.4. The van der Waals surface area contributed by atoms with Crippen molar-refractivity contribution in [3.8, 4) is 0 Å². The van der Waals surface area contributed by atoms with Crippen molar-refractivity contribution >= 4 is 11.9 Å². The minimum absolute atomic E-state index is 0.0553. The van der Waals surface area contributed by atoms with E-state index in [9.17, 15) is 9.59 Å². The molecule has 1 unspecified atom stereocenters.